The minimum Gasteiger partial charge on any atom is -0.462 e. The second-order valence-electron chi connectivity index (χ2n) is 18.8. The zero-order valence-corrected chi connectivity index (χ0v) is 46.8. The molecule has 0 amide bonds. The van der Waals surface area contributed by atoms with Crippen LogP contribution in [0.2, 0.25) is 0 Å². The van der Waals surface area contributed by atoms with E-state index in [-0.39, 0.29) is 38.6 Å². The number of phosphoric ester groups is 1. The molecule has 9 nitrogen and oxygen atoms in total. The van der Waals surface area contributed by atoms with Crippen molar-refractivity contribution in [3.05, 3.63) is 109 Å². The molecule has 2 atom stereocenters. The van der Waals surface area contributed by atoms with Crippen LogP contribution < -0.4 is 5.73 Å². The highest BCUT2D eigenvalue weighted by atomic mass is 31.2. The highest BCUT2D eigenvalue weighted by molar-refractivity contribution is 7.47. The lowest BCUT2D eigenvalue weighted by Crippen LogP contribution is -2.29. The van der Waals surface area contributed by atoms with E-state index in [1.54, 1.807) is 0 Å². The van der Waals surface area contributed by atoms with Gasteiger partial charge in [-0.3, -0.25) is 18.6 Å². The van der Waals surface area contributed by atoms with E-state index in [1.165, 1.54) is 103 Å². The second-order valence-corrected chi connectivity index (χ2v) is 20.2. The standard InChI is InChI=1S/C62H106NO8P/c1-3-5-7-9-11-13-15-17-19-20-21-22-23-24-25-26-27-28-29-30-31-32-33-34-35-36-37-38-39-40-41-43-45-47-49-51-53-55-62(65)71-60(59-70-72(66,67)69-57-56-63)58-68-61(64)54-52-50-48-46-44-42-18-16-14-12-10-8-6-4-2/h5,7,11,13,17,19,21-22,24-25,27-28,30-31,33-34,36-37,60H,3-4,6,8-10,12,14-16,18,20,23,26,29,32,35,38-59,63H2,1-2H3,(H,66,67)/b7-5-,13-11-,19-17-,22-21-,25-24-,28-27-,31-30-,34-33-,37-36-. The van der Waals surface area contributed by atoms with Gasteiger partial charge in [0.15, 0.2) is 6.10 Å². The van der Waals surface area contributed by atoms with Gasteiger partial charge in [-0.2, -0.15) is 0 Å². The summed E-state index contributed by atoms with van der Waals surface area (Å²) in [5.74, 6) is -0.835. The first kappa shape index (κ1) is 68.7. The molecule has 0 rings (SSSR count). The van der Waals surface area contributed by atoms with E-state index in [0.717, 1.165) is 103 Å². The van der Waals surface area contributed by atoms with Gasteiger partial charge in [-0.15, -0.1) is 0 Å². The maximum atomic E-state index is 12.7. The first-order valence-corrected chi connectivity index (χ1v) is 30.4. The van der Waals surface area contributed by atoms with Crippen molar-refractivity contribution in [3.63, 3.8) is 0 Å². The number of hydrogen-bond donors (Lipinski definition) is 2. The summed E-state index contributed by atoms with van der Waals surface area (Å²) in [5, 5.41) is 0. The molecule has 2 unspecified atom stereocenters. The summed E-state index contributed by atoms with van der Waals surface area (Å²) in [6.07, 6.45) is 77.1. The van der Waals surface area contributed by atoms with Crippen LogP contribution in [-0.2, 0) is 32.7 Å². The Labute approximate surface area is 441 Å². The number of ether oxygens (including phenoxy) is 2. The molecule has 72 heavy (non-hydrogen) atoms. The number of carbonyl (C=O) groups excluding carboxylic acids is 2. The number of allylic oxidation sites excluding steroid dienone is 18. The lowest BCUT2D eigenvalue weighted by molar-refractivity contribution is -0.161. The van der Waals surface area contributed by atoms with Gasteiger partial charge in [0.25, 0.3) is 0 Å². The van der Waals surface area contributed by atoms with E-state index in [1.807, 2.05) is 0 Å². The minimum absolute atomic E-state index is 0.0489. The average molecular weight is 1020 g/mol. The number of esters is 2. The molecule has 0 heterocycles. The highest BCUT2D eigenvalue weighted by Crippen LogP contribution is 2.43. The lowest BCUT2D eigenvalue weighted by Gasteiger charge is -2.19. The van der Waals surface area contributed by atoms with E-state index < -0.39 is 26.5 Å². The molecule has 0 aliphatic rings. The molecule has 0 aromatic heterocycles. The summed E-state index contributed by atoms with van der Waals surface area (Å²) >= 11 is 0. The number of nitrogens with two attached hydrogens (primary N) is 1. The predicted octanol–water partition coefficient (Wildman–Crippen LogP) is 18.2. The Morgan fingerprint density at radius 3 is 1.14 bits per heavy atom. The Hall–Kier alpha value is -3.33. The molecule has 0 aliphatic carbocycles. The Balaban J connectivity index is 3.98. The average Bonchev–Trinajstić information content (AvgIpc) is 3.37. The summed E-state index contributed by atoms with van der Waals surface area (Å²) in [6.45, 7) is 3.62. The third-order valence-electron chi connectivity index (χ3n) is 11.9. The van der Waals surface area contributed by atoms with Crippen LogP contribution in [0.5, 0.6) is 0 Å². The summed E-state index contributed by atoms with van der Waals surface area (Å²) in [5.41, 5.74) is 5.37. The van der Waals surface area contributed by atoms with Crippen LogP contribution in [0.25, 0.3) is 0 Å². The fourth-order valence-electron chi connectivity index (χ4n) is 7.69. The first-order chi connectivity index (χ1) is 35.3. The van der Waals surface area contributed by atoms with Gasteiger partial charge >= 0.3 is 19.8 Å². The van der Waals surface area contributed by atoms with E-state index >= 15 is 0 Å². The van der Waals surface area contributed by atoms with Gasteiger partial charge in [-0.1, -0.05) is 252 Å². The molecule has 0 fully saturated rings. The van der Waals surface area contributed by atoms with Crippen molar-refractivity contribution < 1.29 is 37.6 Å². The summed E-state index contributed by atoms with van der Waals surface area (Å²) in [7, 11) is -4.39. The van der Waals surface area contributed by atoms with Crippen LogP contribution >= 0.6 is 7.82 Å². The molecule has 0 aromatic carbocycles. The zero-order chi connectivity index (χ0) is 52.4. The molecule has 0 bridgehead atoms. The topological polar surface area (TPSA) is 134 Å². The molecule has 412 valence electrons. The van der Waals surface area contributed by atoms with Crippen molar-refractivity contribution in [2.75, 3.05) is 26.4 Å². The second kappa shape index (κ2) is 57.0. The number of carbonyl (C=O) groups is 2. The summed E-state index contributed by atoms with van der Waals surface area (Å²) < 4.78 is 33.0. The summed E-state index contributed by atoms with van der Waals surface area (Å²) in [6, 6.07) is 0. The molecule has 0 radical (unpaired) electrons. The maximum Gasteiger partial charge on any atom is 0.472 e. The van der Waals surface area contributed by atoms with E-state index in [9.17, 15) is 19.0 Å². The number of hydrogen-bond acceptors (Lipinski definition) is 8. The van der Waals surface area contributed by atoms with Crippen molar-refractivity contribution in [1.82, 2.24) is 0 Å². The Bertz CT molecular complexity index is 1540. The van der Waals surface area contributed by atoms with Crippen LogP contribution in [-0.4, -0.2) is 49.3 Å². The number of unbranched alkanes of at least 4 members (excludes halogenated alkanes) is 22. The maximum absolute atomic E-state index is 12.7. The van der Waals surface area contributed by atoms with E-state index in [0.29, 0.717) is 6.42 Å². The molecule has 3 N–H and O–H groups in total. The minimum atomic E-state index is -4.39. The number of phosphoric acid groups is 1. The summed E-state index contributed by atoms with van der Waals surface area (Å²) in [4.78, 5) is 35.1. The SMILES string of the molecule is CC/C=C\C/C=C\C/C=C\C/C=C\C/C=C\C/C=C\C/C=C\C/C=C\C/C=C\CCCCCCCCCCCC(=O)OC(COC(=O)CCCCCCCCCCCCCCCC)COP(=O)(O)OCCN. The molecule has 10 heteroatoms. The van der Waals surface area contributed by atoms with Gasteiger partial charge < -0.3 is 20.1 Å². The molecule has 0 spiro atoms. The largest absolute Gasteiger partial charge is 0.472 e. The van der Waals surface area contributed by atoms with Crippen LogP contribution in [0.15, 0.2) is 109 Å². The quantitative estimate of drug-likeness (QED) is 0.0264. The third kappa shape index (κ3) is 56.0. The van der Waals surface area contributed by atoms with Gasteiger partial charge in [0.2, 0.25) is 0 Å². The zero-order valence-electron chi connectivity index (χ0n) is 45.9. The van der Waals surface area contributed by atoms with Crippen LogP contribution in [0.3, 0.4) is 0 Å². The predicted molar refractivity (Wildman–Crippen MR) is 307 cm³/mol. The van der Waals surface area contributed by atoms with Gasteiger partial charge in [0.05, 0.1) is 13.2 Å². The number of rotatable bonds is 53. The molecule has 0 saturated heterocycles. The monoisotopic (exact) mass is 1020 g/mol. The smallest absolute Gasteiger partial charge is 0.462 e. The molecule has 0 saturated carbocycles. The van der Waals surface area contributed by atoms with E-state index in [4.69, 9.17) is 24.3 Å². The molecule has 0 aliphatic heterocycles. The molecule has 0 aromatic rings. The fourth-order valence-corrected chi connectivity index (χ4v) is 8.45. The fraction of sp³-hybridized carbons (Fsp3) is 0.677. The Kier molecular flexibility index (Phi) is 54.3. The van der Waals surface area contributed by atoms with Crippen molar-refractivity contribution in [2.24, 2.45) is 5.73 Å². The Morgan fingerprint density at radius 1 is 0.431 bits per heavy atom. The van der Waals surface area contributed by atoms with Crippen molar-refractivity contribution in [3.8, 4) is 0 Å². The molecular formula is C62H106NO8P. The Morgan fingerprint density at radius 2 is 0.764 bits per heavy atom. The molecular weight excluding hydrogens is 918 g/mol. The van der Waals surface area contributed by atoms with E-state index in [2.05, 4.69) is 123 Å². The highest BCUT2D eigenvalue weighted by Gasteiger charge is 2.26. The van der Waals surface area contributed by atoms with Gasteiger partial charge in [0.1, 0.15) is 6.61 Å². The van der Waals surface area contributed by atoms with Gasteiger partial charge in [-0.05, 0) is 83.5 Å². The van der Waals surface area contributed by atoms with Crippen LogP contribution in [0.4, 0.5) is 0 Å². The van der Waals surface area contributed by atoms with Gasteiger partial charge in [-0.25, -0.2) is 4.57 Å². The van der Waals surface area contributed by atoms with Crippen molar-refractivity contribution in [1.29, 1.82) is 0 Å². The van der Waals surface area contributed by atoms with Crippen LogP contribution in [0, 0.1) is 0 Å². The third-order valence-corrected chi connectivity index (χ3v) is 12.9. The van der Waals surface area contributed by atoms with Gasteiger partial charge in [0, 0.05) is 19.4 Å². The van der Waals surface area contributed by atoms with Crippen molar-refractivity contribution in [2.45, 2.75) is 245 Å². The first-order valence-electron chi connectivity index (χ1n) is 28.9. The van der Waals surface area contributed by atoms with Crippen LogP contribution in [0.1, 0.15) is 239 Å². The lowest BCUT2D eigenvalue weighted by atomic mass is 10.0. The van der Waals surface area contributed by atoms with Crippen molar-refractivity contribution >= 4 is 19.8 Å². The normalized spacial score (nSPS) is 13.9.